The predicted octanol–water partition coefficient (Wildman–Crippen LogP) is 3.92. The average Bonchev–Trinajstić information content (AvgIpc) is 3.31. The van der Waals surface area contributed by atoms with E-state index in [2.05, 4.69) is 25.0 Å². The number of hydrogen-bond acceptors (Lipinski definition) is 5. The Morgan fingerprint density at radius 1 is 1.00 bits per heavy atom. The Labute approximate surface area is 190 Å². The molecule has 0 aliphatic heterocycles. The van der Waals surface area contributed by atoms with Crippen LogP contribution in [0.25, 0.3) is 33.7 Å². The topological polar surface area (TPSA) is 94.3 Å². The lowest BCUT2D eigenvalue weighted by atomic mass is 10.2. The van der Waals surface area contributed by atoms with Gasteiger partial charge in [-0.2, -0.15) is 27.1 Å². The van der Waals surface area contributed by atoms with Gasteiger partial charge in [0.2, 0.25) is 0 Å². The summed E-state index contributed by atoms with van der Waals surface area (Å²) in [4.78, 5) is 26.7. The molecule has 0 bridgehead atoms. The number of nitrogens with one attached hydrogen (secondary N) is 1. The molecule has 0 fully saturated rings. The Bertz CT molecular complexity index is 1620. The second-order valence-electron chi connectivity index (χ2n) is 7.62. The third kappa shape index (κ3) is 3.90. The van der Waals surface area contributed by atoms with Crippen LogP contribution in [0, 0.1) is 5.82 Å². The Morgan fingerprint density at radius 3 is 2.51 bits per heavy atom. The molecule has 4 aromatic heterocycles. The predicted molar refractivity (Wildman–Crippen MR) is 111 cm³/mol. The zero-order chi connectivity index (χ0) is 25.0. The molecule has 0 unspecified atom stereocenters. The molecule has 4 heterocycles. The fourth-order valence-corrected chi connectivity index (χ4v) is 3.58. The van der Waals surface area contributed by atoms with E-state index in [1.807, 2.05) is 0 Å². The Balaban J connectivity index is 1.58. The maximum absolute atomic E-state index is 14.2. The van der Waals surface area contributed by atoms with E-state index >= 15 is 0 Å². The van der Waals surface area contributed by atoms with Gasteiger partial charge >= 0.3 is 17.8 Å². The number of aromatic nitrogens is 7. The molecule has 5 rings (SSSR count). The number of imidazole rings is 1. The molecule has 0 aliphatic carbocycles. The molecule has 0 atom stereocenters. The first-order chi connectivity index (χ1) is 16.5. The molecule has 0 radical (unpaired) electrons. The summed E-state index contributed by atoms with van der Waals surface area (Å²) < 4.78 is 80.8. The third-order valence-electron chi connectivity index (χ3n) is 5.30. The van der Waals surface area contributed by atoms with Gasteiger partial charge in [0, 0.05) is 11.8 Å². The van der Waals surface area contributed by atoms with Crippen LogP contribution in [0.1, 0.15) is 5.56 Å². The third-order valence-corrected chi connectivity index (χ3v) is 5.30. The van der Waals surface area contributed by atoms with E-state index in [4.69, 9.17) is 0 Å². The molecular weight excluding hydrogens is 480 g/mol. The van der Waals surface area contributed by atoms with Gasteiger partial charge in [-0.3, -0.25) is 9.55 Å². The fourth-order valence-electron chi connectivity index (χ4n) is 3.58. The second kappa shape index (κ2) is 7.92. The summed E-state index contributed by atoms with van der Waals surface area (Å²) in [5.74, 6) is -5.63. The highest BCUT2D eigenvalue weighted by Crippen LogP contribution is 2.37. The number of benzene rings is 1. The largest absolute Gasteiger partial charge is 0.455 e. The number of fused-ring (bicyclic) bond motifs is 2. The maximum Gasteiger partial charge on any atom is 0.455 e. The molecule has 0 spiro atoms. The molecule has 5 aromatic rings. The van der Waals surface area contributed by atoms with Gasteiger partial charge in [-0.15, -0.1) is 0 Å². The molecule has 0 aliphatic rings. The first kappa shape index (κ1) is 22.6. The lowest BCUT2D eigenvalue weighted by Crippen LogP contribution is -2.42. The van der Waals surface area contributed by atoms with E-state index in [9.17, 15) is 31.1 Å². The van der Waals surface area contributed by atoms with Gasteiger partial charge in [0.15, 0.2) is 17.1 Å². The van der Waals surface area contributed by atoms with Gasteiger partial charge in [-0.25, -0.2) is 28.8 Å². The van der Waals surface area contributed by atoms with Crippen molar-refractivity contribution in [2.45, 2.75) is 25.2 Å². The van der Waals surface area contributed by atoms with Gasteiger partial charge < -0.3 is 0 Å². The van der Waals surface area contributed by atoms with Gasteiger partial charge in [0.05, 0.1) is 18.1 Å². The summed E-state index contributed by atoms with van der Waals surface area (Å²) in [6.07, 6.45) is -3.37. The van der Waals surface area contributed by atoms with E-state index in [1.54, 1.807) is 30.3 Å². The highest BCUT2D eigenvalue weighted by molar-refractivity contribution is 5.90. The van der Waals surface area contributed by atoms with E-state index < -0.39 is 30.2 Å². The van der Waals surface area contributed by atoms with Crippen molar-refractivity contribution in [3.63, 3.8) is 0 Å². The van der Waals surface area contributed by atoms with Crippen molar-refractivity contribution in [2.75, 3.05) is 0 Å². The van der Waals surface area contributed by atoms with Crippen LogP contribution in [0.15, 0.2) is 53.6 Å². The number of pyridine rings is 1. The van der Waals surface area contributed by atoms with Crippen molar-refractivity contribution >= 4 is 22.2 Å². The molecule has 8 nitrogen and oxygen atoms in total. The van der Waals surface area contributed by atoms with Crippen LogP contribution in [0.2, 0.25) is 0 Å². The number of alkyl halides is 5. The second-order valence-corrected chi connectivity index (χ2v) is 7.62. The molecule has 0 saturated carbocycles. The van der Waals surface area contributed by atoms with Gasteiger partial charge in [-0.05, 0) is 18.2 Å². The summed E-state index contributed by atoms with van der Waals surface area (Å²) in [6, 6.07) is 9.38. The number of rotatable bonds is 5. The number of hydrogen-bond donors (Lipinski definition) is 1. The highest BCUT2D eigenvalue weighted by Gasteiger charge is 2.57. The maximum atomic E-state index is 14.2. The first-order valence-electron chi connectivity index (χ1n) is 10.0. The van der Waals surface area contributed by atoms with E-state index in [-0.39, 0.29) is 33.8 Å². The number of H-pyrrole nitrogens is 1. The van der Waals surface area contributed by atoms with Crippen molar-refractivity contribution in [3.8, 4) is 11.5 Å². The van der Waals surface area contributed by atoms with Gasteiger partial charge in [-0.1, -0.05) is 18.2 Å². The normalized spacial score (nSPS) is 12.6. The van der Waals surface area contributed by atoms with Crippen molar-refractivity contribution in [3.05, 3.63) is 70.7 Å². The molecule has 14 heteroatoms. The van der Waals surface area contributed by atoms with E-state index in [0.717, 1.165) is 6.20 Å². The van der Waals surface area contributed by atoms with Crippen LogP contribution >= 0.6 is 0 Å². The average molecular weight is 493 g/mol. The lowest BCUT2D eigenvalue weighted by Gasteiger charge is -2.19. The standard InChI is InChI=1S/C21H13F6N7O/c22-13-6-2-1-4-11(13)9-34-18-12(5-3-7-28-18)15(32-34)17-29-8-14-16(30-17)31-19(35)33(14)10-20(23,24)21(25,26)27/h1-8H,9-10H2,(H,29,30,31,35). The summed E-state index contributed by atoms with van der Waals surface area (Å²) in [6.45, 7) is -1.90. The molecular formula is C21H13F6N7O. The SMILES string of the molecule is O=c1[nH]c2nc(-c3nn(Cc4ccccc4F)c4ncccc34)ncc2n1CC(F)(F)C(F)(F)F. The quantitative estimate of drug-likeness (QED) is 0.375. The minimum Gasteiger partial charge on any atom is -0.290 e. The van der Waals surface area contributed by atoms with E-state index in [1.165, 1.54) is 16.9 Å². The summed E-state index contributed by atoms with van der Waals surface area (Å²) in [5, 5.41) is 4.90. The first-order valence-corrected chi connectivity index (χ1v) is 10.0. The fraction of sp³-hybridized carbons (Fsp3) is 0.190. The lowest BCUT2D eigenvalue weighted by molar-refractivity contribution is -0.286. The zero-order valence-corrected chi connectivity index (χ0v) is 17.4. The summed E-state index contributed by atoms with van der Waals surface area (Å²) in [5.41, 5.74) is -0.870. The molecule has 35 heavy (non-hydrogen) atoms. The number of aromatic amines is 1. The van der Waals surface area contributed by atoms with Crippen LogP contribution in [0.5, 0.6) is 0 Å². The Kier molecular flexibility index (Phi) is 5.11. The number of nitrogens with zero attached hydrogens (tertiary/aromatic N) is 6. The number of halogens is 6. The monoisotopic (exact) mass is 493 g/mol. The van der Waals surface area contributed by atoms with Crippen molar-refractivity contribution in [1.82, 2.24) is 34.3 Å². The molecule has 1 N–H and O–H groups in total. The molecule has 0 amide bonds. The van der Waals surface area contributed by atoms with Crippen molar-refractivity contribution < 1.29 is 26.3 Å². The van der Waals surface area contributed by atoms with Crippen LogP contribution in [0.4, 0.5) is 26.3 Å². The van der Waals surface area contributed by atoms with Crippen molar-refractivity contribution in [1.29, 1.82) is 0 Å². The highest BCUT2D eigenvalue weighted by atomic mass is 19.4. The van der Waals surface area contributed by atoms with Crippen LogP contribution in [0.3, 0.4) is 0 Å². The molecule has 1 aromatic carbocycles. The molecule has 180 valence electrons. The van der Waals surface area contributed by atoms with Crippen LogP contribution in [-0.2, 0) is 13.1 Å². The van der Waals surface area contributed by atoms with Crippen LogP contribution < -0.4 is 5.69 Å². The molecule has 0 saturated heterocycles. The van der Waals surface area contributed by atoms with E-state index in [0.29, 0.717) is 16.6 Å². The Morgan fingerprint density at radius 2 is 1.77 bits per heavy atom. The zero-order valence-electron chi connectivity index (χ0n) is 17.4. The van der Waals surface area contributed by atoms with Crippen LogP contribution in [-0.4, -0.2) is 46.4 Å². The summed E-state index contributed by atoms with van der Waals surface area (Å²) in [7, 11) is 0. The van der Waals surface area contributed by atoms with Gasteiger partial charge in [0.1, 0.15) is 23.6 Å². The Hall–Kier alpha value is -4.23. The smallest absolute Gasteiger partial charge is 0.290 e. The van der Waals surface area contributed by atoms with Gasteiger partial charge in [0.25, 0.3) is 0 Å². The van der Waals surface area contributed by atoms with Crippen molar-refractivity contribution in [2.24, 2.45) is 0 Å². The minimum absolute atomic E-state index is 0.0299. The summed E-state index contributed by atoms with van der Waals surface area (Å²) >= 11 is 0. The minimum atomic E-state index is -5.84.